The molecule has 5 heteroatoms. The molecule has 0 unspecified atom stereocenters. The van der Waals surface area contributed by atoms with E-state index in [0.29, 0.717) is 0 Å². The van der Waals surface area contributed by atoms with Gasteiger partial charge in [-0.25, -0.2) is 8.78 Å². The zero-order valence-electron chi connectivity index (χ0n) is 9.18. The first-order valence-electron chi connectivity index (χ1n) is 5.20. The van der Waals surface area contributed by atoms with Gasteiger partial charge in [-0.3, -0.25) is 0 Å². The highest BCUT2D eigenvalue weighted by molar-refractivity contribution is 6.33. The molecule has 2 aromatic rings. The van der Waals surface area contributed by atoms with Gasteiger partial charge < -0.3 is 5.32 Å². The first kappa shape index (κ1) is 13.1. The molecular formula is C13H9Cl2F2N. The fourth-order valence-corrected chi connectivity index (χ4v) is 2.00. The Morgan fingerprint density at radius 3 is 2.11 bits per heavy atom. The van der Waals surface area contributed by atoms with Crippen LogP contribution >= 0.6 is 23.2 Å². The maximum atomic E-state index is 13.5. The highest BCUT2D eigenvalue weighted by atomic mass is 35.5. The van der Waals surface area contributed by atoms with Gasteiger partial charge in [0.2, 0.25) is 0 Å². The Hall–Kier alpha value is -1.32. The van der Waals surface area contributed by atoms with Crippen LogP contribution in [-0.4, -0.2) is 0 Å². The van der Waals surface area contributed by atoms with Gasteiger partial charge in [-0.2, -0.15) is 0 Å². The number of benzene rings is 2. The normalized spacial score (nSPS) is 10.4. The van der Waals surface area contributed by atoms with Gasteiger partial charge in [-0.1, -0.05) is 35.3 Å². The second-order valence-corrected chi connectivity index (χ2v) is 4.46. The predicted octanol–water partition coefficient (Wildman–Crippen LogP) is 4.88. The highest BCUT2D eigenvalue weighted by Crippen LogP contribution is 2.26. The van der Waals surface area contributed by atoms with Gasteiger partial charge in [0, 0.05) is 17.1 Å². The van der Waals surface area contributed by atoms with Crippen molar-refractivity contribution in [1.82, 2.24) is 0 Å². The molecule has 0 atom stereocenters. The molecule has 0 radical (unpaired) electrons. The second-order valence-electron chi connectivity index (χ2n) is 3.65. The third-order valence-electron chi connectivity index (χ3n) is 2.47. The van der Waals surface area contributed by atoms with Crippen molar-refractivity contribution in [3.05, 3.63) is 63.6 Å². The number of para-hydroxylation sites is 1. The maximum absolute atomic E-state index is 13.5. The summed E-state index contributed by atoms with van der Waals surface area (Å²) in [6, 6.07) is 8.71. The van der Waals surface area contributed by atoms with Crippen LogP contribution in [0.25, 0.3) is 0 Å². The molecule has 1 nitrogen and oxygen atoms in total. The fourth-order valence-electron chi connectivity index (χ4n) is 1.54. The summed E-state index contributed by atoms with van der Waals surface area (Å²) >= 11 is 11.7. The largest absolute Gasteiger partial charge is 0.377 e. The van der Waals surface area contributed by atoms with Gasteiger partial charge in [0.05, 0.1) is 10.7 Å². The Kier molecular flexibility index (Phi) is 4.04. The molecule has 0 amide bonds. The minimum atomic E-state index is -0.491. The third-order valence-corrected chi connectivity index (χ3v) is 3.14. The van der Waals surface area contributed by atoms with E-state index in [2.05, 4.69) is 5.32 Å². The van der Waals surface area contributed by atoms with E-state index in [1.165, 1.54) is 24.3 Å². The number of nitrogens with one attached hydrogen (secondary N) is 1. The molecule has 0 aliphatic rings. The van der Waals surface area contributed by atoms with Crippen molar-refractivity contribution < 1.29 is 8.78 Å². The van der Waals surface area contributed by atoms with E-state index >= 15 is 0 Å². The Morgan fingerprint density at radius 2 is 1.50 bits per heavy atom. The molecule has 0 bridgehead atoms. The molecule has 0 heterocycles. The van der Waals surface area contributed by atoms with Crippen LogP contribution in [-0.2, 0) is 6.54 Å². The van der Waals surface area contributed by atoms with Crippen LogP contribution in [0.4, 0.5) is 14.5 Å². The van der Waals surface area contributed by atoms with E-state index < -0.39 is 11.6 Å². The van der Waals surface area contributed by atoms with Gasteiger partial charge in [0.1, 0.15) is 11.6 Å². The summed E-state index contributed by atoms with van der Waals surface area (Å²) in [6.45, 7) is 0.0617. The van der Waals surface area contributed by atoms with Crippen LogP contribution in [0.1, 0.15) is 5.56 Å². The molecular weight excluding hydrogens is 279 g/mol. The molecule has 1 N–H and O–H groups in total. The zero-order chi connectivity index (χ0) is 13.1. The molecule has 0 spiro atoms. The lowest BCUT2D eigenvalue weighted by atomic mass is 10.2. The summed E-state index contributed by atoms with van der Waals surface area (Å²) in [6.07, 6.45) is 0. The second kappa shape index (κ2) is 5.55. The Bertz CT molecular complexity index is 481. The van der Waals surface area contributed by atoms with Gasteiger partial charge in [-0.05, 0) is 24.3 Å². The Labute approximate surface area is 113 Å². The quantitative estimate of drug-likeness (QED) is 0.848. The van der Waals surface area contributed by atoms with Crippen molar-refractivity contribution in [2.45, 2.75) is 6.54 Å². The average molecular weight is 288 g/mol. The van der Waals surface area contributed by atoms with Crippen LogP contribution in [0.15, 0.2) is 36.4 Å². The fraction of sp³-hybridized carbons (Fsp3) is 0.0769. The first-order chi connectivity index (χ1) is 8.59. The van der Waals surface area contributed by atoms with Crippen LogP contribution in [0.5, 0.6) is 0 Å². The van der Waals surface area contributed by atoms with Crippen LogP contribution in [0, 0.1) is 11.6 Å². The number of halogens is 4. The molecule has 0 saturated heterocycles. The minimum absolute atomic E-state index is 0.0617. The molecule has 0 saturated carbocycles. The van der Waals surface area contributed by atoms with Crippen molar-refractivity contribution in [2.24, 2.45) is 0 Å². The summed E-state index contributed by atoms with van der Waals surface area (Å²) in [4.78, 5) is 0. The Balaban J connectivity index is 2.22. The summed E-state index contributed by atoms with van der Waals surface area (Å²) in [5.41, 5.74) is 0.414. The molecule has 0 aliphatic heterocycles. The molecule has 0 aliphatic carbocycles. The molecule has 18 heavy (non-hydrogen) atoms. The van der Waals surface area contributed by atoms with E-state index in [1.807, 2.05) is 0 Å². The van der Waals surface area contributed by atoms with E-state index in [1.54, 1.807) is 12.1 Å². The van der Waals surface area contributed by atoms with Crippen molar-refractivity contribution in [3.63, 3.8) is 0 Å². The lowest BCUT2D eigenvalue weighted by Crippen LogP contribution is -2.04. The topological polar surface area (TPSA) is 12.0 Å². The van der Waals surface area contributed by atoms with E-state index in [9.17, 15) is 8.78 Å². The zero-order valence-corrected chi connectivity index (χ0v) is 10.7. The monoisotopic (exact) mass is 287 g/mol. The number of hydrogen-bond donors (Lipinski definition) is 1. The van der Waals surface area contributed by atoms with Crippen LogP contribution in [0.2, 0.25) is 10.0 Å². The molecule has 94 valence electrons. The number of anilines is 1. The van der Waals surface area contributed by atoms with Crippen LogP contribution < -0.4 is 5.32 Å². The standard InChI is InChI=1S/C13H9Cl2F2N/c14-9-3-1-5-11(16)8(9)7-18-13-10(15)4-2-6-12(13)17/h1-6,18H,7H2. The molecule has 0 aromatic heterocycles. The van der Waals surface area contributed by atoms with E-state index in [4.69, 9.17) is 23.2 Å². The van der Waals surface area contributed by atoms with Crippen molar-refractivity contribution in [2.75, 3.05) is 5.32 Å². The van der Waals surface area contributed by atoms with Gasteiger partial charge in [0.15, 0.2) is 0 Å². The molecule has 2 aromatic carbocycles. The predicted molar refractivity (Wildman–Crippen MR) is 70.1 cm³/mol. The van der Waals surface area contributed by atoms with E-state index in [-0.39, 0.29) is 27.8 Å². The van der Waals surface area contributed by atoms with Gasteiger partial charge in [0.25, 0.3) is 0 Å². The van der Waals surface area contributed by atoms with E-state index in [0.717, 1.165) is 0 Å². The summed E-state index contributed by atoms with van der Waals surface area (Å²) in [5, 5.41) is 3.27. The van der Waals surface area contributed by atoms with Crippen molar-refractivity contribution in [3.8, 4) is 0 Å². The number of hydrogen-bond acceptors (Lipinski definition) is 1. The Morgan fingerprint density at radius 1 is 0.889 bits per heavy atom. The summed E-state index contributed by atoms with van der Waals surface area (Å²) in [5.74, 6) is -0.933. The smallest absolute Gasteiger partial charge is 0.147 e. The summed E-state index contributed by atoms with van der Waals surface area (Å²) < 4.78 is 27.0. The van der Waals surface area contributed by atoms with Crippen molar-refractivity contribution in [1.29, 1.82) is 0 Å². The minimum Gasteiger partial charge on any atom is -0.377 e. The highest BCUT2D eigenvalue weighted by Gasteiger charge is 2.10. The van der Waals surface area contributed by atoms with Gasteiger partial charge >= 0.3 is 0 Å². The molecule has 2 rings (SSSR count). The molecule has 0 fully saturated rings. The first-order valence-corrected chi connectivity index (χ1v) is 5.96. The summed E-state index contributed by atoms with van der Waals surface area (Å²) in [7, 11) is 0. The lowest BCUT2D eigenvalue weighted by molar-refractivity contribution is 0.610. The average Bonchev–Trinajstić information content (AvgIpc) is 2.31. The third kappa shape index (κ3) is 2.74. The number of rotatable bonds is 3. The lowest BCUT2D eigenvalue weighted by Gasteiger charge is -2.11. The van der Waals surface area contributed by atoms with Crippen LogP contribution in [0.3, 0.4) is 0 Å². The maximum Gasteiger partial charge on any atom is 0.147 e. The SMILES string of the molecule is Fc1cccc(Cl)c1CNc1c(F)cccc1Cl. The van der Waals surface area contributed by atoms with Crippen molar-refractivity contribution >= 4 is 28.9 Å². The van der Waals surface area contributed by atoms with Gasteiger partial charge in [-0.15, -0.1) is 0 Å².